The smallest absolute Gasteiger partial charge is 0.258 e. The Morgan fingerprint density at radius 3 is 2.78 bits per heavy atom. The van der Waals surface area contributed by atoms with Gasteiger partial charge in [-0.2, -0.15) is 4.98 Å². The van der Waals surface area contributed by atoms with Crippen molar-refractivity contribution in [3.8, 4) is 11.5 Å². The fraction of sp³-hybridized carbons (Fsp3) is 0.579. The lowest BCUT2D eigenvalue weighted by Crippen LogP contribution is -2.56. The maximum Gasteiger partial charge on any atom is 0.258 e. The number of carbonyl (C=O) groups is 1. The van der Waals surface area contributed by atoms with Crippen LogP contribution in [-0.2, 0) is 9.53 Å². The molecule has 1 unspecified atom stereocenters. The van der Waals surface area contributed by atoms with E-state index in [0.717, 1.165) is 43.7 Å². The first-order valence-electron chi connectivity index (χ1n) is 9.31. The summed E-state index contributed by atoms with van der Waals surface area (Å²) in [4.78, 5) is 25.7. The van der Waals surface area contributed by atoms with Crippen molar-refractivity contribution in [3.63, 3.8) is 0 Å². The lowest BCUT2D eigenvalue weighted by Gasteiger charge is -2.47. The van der Waals surface area contributed by atoms with Gasteiger partial charge in [0.15, 0.2) is 5.82 Å². The Kier molecular flexibility index (Phi) is 4.59. The van der Waals surface area contributed by atoms with Gasteiger partial charge in [0, 0.05) is 45.6 Å². The lowest BCUT2D eigenvalue weighted by molar-refractivity contribution is -0.153. The van der Waals surface area contributed by atoms with Gasteiger partial charge in [0.2, 0.25) is 5.91 Å². The third-order valence-corrected chi connectivity index (χ3v) is 5.79. The first-order chi connectivity index (χ1) is 13.0. The van der Waals surface area contributed by atoms with E-state index in [4.69, 9.17) is 9.26 Å². The quantitative estimate of drug-likeness (QED) is 0.815. The van der Waals surface area contributed by atoms with Crippen molar-refractivity contribution >= 4 is 11.7 Å². The number of aryl methyl sites for hydroxylation is 1. The summed E-state index contributed by atoms with van der Waals surface area (Å²) < 4.78 is 10.8. The number of amides is 1. The largest absolute Gasteiger partial charge is 0.380 e. The Hall–Kier alpha value is -2.48. The molecule has 0 bridgehead atoms. The number of anilines is 1. The topological polar surface area (TPSA) is 84.6 Å². The second kappa shape index (κ2) is 6.92. The van der Waals surface area contributed by atoms with Gasteiger partial charge in [0.1, 0.15) is 5.82 Å². The molecule has 2 fully saturated rings. The third-order valence-electron chi connectivity index (χ3n) is 5.79. The van der Waals surface area contributed by atoms with E-state index in [1.807, 2.05) is 24.1 Å². The van der Waals surface area contributed by atoms with Gasteiger partial charge < -0.3 is 19.1 Å². The van der Waals surface area contributed by atoms with Crippen LogP contribution in [0.15, 0.2) is 22.9 Å². The van der Waals surface area contributed by atoms with Crippen LogP contribution in [0.4, 0.5) is 5.82 Å². The molecule has 0 radical (unpaired) electrons. The Morgan fingerprint density at radius 1 is 1.33 bits per heavy atom. The number of ether oxygens (including phenoxy) is 1. The van der Waals surface area contributed by atoms with Crippen molar-refractivity contribution in [2.75, 3.05) is 38.7 Å². The van der Waals surface area contributed by atoms with E-state index in [0.29, 0.717) is 18.3 Å². The molecule has 0 N–H and O–H groups in total. The highest BCUT2D eigenvalue weighted by Crippen LogP contribution is 2.42. The number of piperidine rings is 2. The summed E-state index contributed by atoms with van der Waals surface area (Å²) in [7, 11) is 3.60. The fourth-order valence-corrected chi connectivity index (χ4v) is 4.26. The normalized spacial score (nSPS) is 22.5. The van der Waals surface area contributed by atoms with Crippen LogP contribution < -0.4 is 4.90 Å². The van der Waals surface area contributed by atoms with E-state index in [2.05, 4.69) is 20.0 Å². The number of rotatable bonds is 3. The second-order valence-electron chi connectivity index (χ2n) is 7.56. The Morgan fingerprint density at radius 2 is 2.11 bits per heavy atom. The predicted molar refractivity (Wildman–Crippen MR) is 99.2 cm³/mol. The van der Waals surface area contributed by atoms with Gasteiger partial charge in [-0.1, -0.05) is 5.16 Å². The zero-order valence-corrected chi connectivity index (χ0v) is 16.0. The van der Waals surface area contributed by atoms with Crippen LogP contribution in [-0.4, -0.2) is 65.8 Å². The van der Waals surface area contributed by atoms with Gasteiger partial charge in [-0.05, 0) is 38.3 Å². The standard InChI is InChI=1S/C19H25N5O3/c1-13-21-17(27-22-13)14-4-7-20-16(10-14)24-8-5-19(6-9-24)11-15(26-3)12-23(2)18(19)25/h4,7,10,15H,5-6,8-9,11-12H2,1-3H3. The molecule has 4 heterocycles. The van der Waals surface area contributed by atoms with Crippen LogP contribution in [0, 0.1) is 12.3 Å². The van der Waals surface area contributed by atoms with E-state index in [1.54, 1.807) is 20.2 Å². The van der Waals surface area contributed by atoms with Gasteiger partial charge in [0.25, 0.3) is 5.89 Å². The van der Waals surface area contributed by atoms with Crippen LogP contribution in [0.1, 0.15) is 25.1 Å². The van der Waals surface area contributed by atoms with Crippen molar-refractivity contribution in [1.82, 2.24) is 20.0 Å². The van der Waals surface area contributed by atoms with Crippen molar-refractivity contribution in [2.24, 2.45) is 5.41 Å². The predicted octanol–water partition coefficient (Wildman–Crippen LogP) is 1.90. The molecule has 0 aliphatic carbocycles. The van der Waals surface area contributed by atoms with Gasteiger partial charge in [-0.25, -0.2) is 4.98 Å². The fourth-order valence-electron chi connectivity index (χ4n) is 4.26. The van der Waals surface area contributed by atoms with Crippen molar-refractivity contribution < 1.29 is 14.1 Å². The summed E-state index contributed by atoms with van der Waals surface area (Å²) in [6.07, 6.45) is 4.29. The van der Waals surface area contributed by atoms with Crippen molar-refractivity contribution in [3.05, 3.63) is 24.2 Å². The van der Waals surface area contributed by atoms with Gasteiger partial charge in [-0.3, -0.25) is 4.79 Å². The molecule has 1 spiro atoms. The van der Waals surface area contributed by atoms with Gasteiger partial charge in [0.05, 0.1) is 11.5 Å². The molecule has 2 saturated heterocycles. The van der Waals surface area contributed by atoms with Crippen LogP contribution in [0.5, 0.6) is 0 Å². The third kappa shape index (κ3) is 3.29. The number of carbonyl (C=O) groups excluding carboxylic acids is 1. The van der Waals surface area contributed by atoms with Crippen molar-refractivity contribution in [2.45, 2.75) is 32.3 Å². The number of pyridine rings is 1. The minimum absolute atomic E-state index is 0.112. The summed E-state index contributed by atoms with van der Waals surface area (Å²) >= 11 is 0. The second-order valence-corrected chi connectivity index (χ2v) is 7.56. The number of likely N-dealkylation sites (tertiary alicyclic amines) is 1. The maximum absolute atomic E-state index is 12.9. The average Bonchev–Trinajstić information content (AvgIpc) is 3.13. The number of nitrogens with zero attached hydrogens (tertiary/aromatic N) is 5. The molecule has 4 rings (SSSR count). The lowest BCUT2D eigenvalue weighted by atomic mass is 9.71. The average molecular weight is 371 g/mol. The highest BCUT2D eigenvalue weighted by Gasteiger charge is 2.48. The van der Waals surface area contributed by atoms with E-state index >= 15 is 0 Å². The molecule has 144 valence electrons. The number of likely N-dealkylation sites (N-methyl/N-ethyl adjacent to an activating group) is 1. The first kappa shape index (κ1) is 17.9. The molecule has 2 aliphatic rings. The zero-order valence-electron chi connectivity index (χ0n) is 16.0. The molecule has 1 amide bonds. The van der Waals surface area contributed by atoms with Gasteiger partial charge in [-0.15, -0.1) is 0 Å². The monoisotopic (exact) mass is 371 g/mol. The van der Waals surface area contributed by atoms with E-state index in [1.165, 1.54) is 0 Å². The van der Waals surface area contributed by atoms with Crippen LogP contribution >= 0.6 is 0 Å². The van der Waals surface area contributed by atoms with Gasteiger partial charge >= 0.3 is 0 Å². The molecule has 2 aliphatic heterocycles. The molecule has 27 heavy (non-hydrogen) atoms. The highest BCUT2D eigenvalue weighted by atomic mass is 16.5. The Labute approximate surface area is 158 Å². The maximum atomic E-state index is 12.9. The van der Waals surface area contributed by atoms with Crippen molar-refractivity contribution in [1.29, 1.82) is 0 Å². The molecular formula is C19H25N5O3. The van der Waals surface area contributed by atoms with Crippen LogP contribution in [0.3, 0.4) is 0 Å². The number of methoxy groups -OCH3 is 1. The summed E-state index contributed by atoms with van der Waals surface area (Å²) in [6, 6.07) is 3.84. The van der Waals surface area contributed by atoms with E-state index in [9.17, 15) is 4.79 Å². The minimum Gasteiger partial charge on any atom is -0.380 e. The molecule has 8 heteroatoms. The molecule has 8 nitrogen and oxygen atoms in total. The number of hydrogen-bond acceptors (Lipinski definition) is 7. The zero-order chi connectivity index (χ0) is 19.0. The molecule has 0 aromatic carbocycles. The Bertz CT molecular complexity index is 828. The van der Waals surface area contributed by atoms with E-state index < -0.39 is 0 Å². The SMILES string of the molecule is COC1CN(C)C(=O)C2(CCN(c3cc(-c4nc(C)no4)ccn3)CC2)C1. The molecule has 2 aromatic rings. The Balaban J connectivity index is 1.50. The summed E-state index contributed by atoms with van der Waals surface area (Å²) in [5, 5.41) is 3.85. The number of aromatic nitrogens is 3. The highest BCUT2D eigenvalue weighted by molar-refractivity contribution is 5.84. The van der Waals surface area contributed by atoms with E-state index in [-0.39, 0.29) is 17.4 Å². The van der Waals surface area contributed by atoms with Crippen LogP contribution in [0.2, 0.25) is 0 Å². The molecule has 2 aromatic heterocycles. The molecular weight excluding hydrogens is 346 g/mol. The summed E-state index contributed by atoms with van der Waals surface area (Å²) in [5.41, 5.74) is 0.541. The van der Waals surface area contributed by atoms with Crippen LogP contribution in [0.25, 0.3) is 11.5 Å². The summed E-state index contributed by atoms with van der Waals surface area (Å²) in [6.45, 7) is 4.04. The molecule has 1 atom stereocenters. The minimum atomic E-state index is -0.314. The number of hydrogen-bond donors (Lipinski definition) is 0. The first-order valence-corrected chi connectivity index (χ1v) is 9.31. The molecule has 0 saturated carbocycles. The summed E-state index contributed by atoms with van der Waals surface area (Å²) in [5.74, 6) is 2.23.